The van der Waals surface area contributed by atoms with E-state index in [9.17, 15) is 4.79 Å². The van der Waals surface area contributed by atoms with Gasteiger partial charge in [0.2, 0.25) is 11.0 Å². The summed E-state index contributed by atoms with van der Waals surface area (Å²) < 4.78 is 0.854. The van der Waals surface area contributed by atoms with Crippen LogP contribution in [0.1, 0.15) is 30.4 Å². The van der Waals surface area contributed by atoms with Crippen molar-refractivity contribution in [1.29, 1.82) is 0 Å². The Kier molecular flexibility index (Phi) is 6.19. The van der Waals surface area contributed by atoms with E-state index in [4.69, 9.17) is 0 Å². The van der Waals surface area contributed by atoms with Gasteiger partial charge in [0.05, 0.1) is 5.92 Å². The highest BCUT2D eigenvalue weighted by atomic mass is 32.2. The Hall–Kier alpha value is -2.18. The minimum Gasteiger partial charge on any atom is -0.300 e. The fraction of sp³-hybridized carbons (Fsp3) is 0.211. The molecule has 128 valence electrons. The van der Waals surface area contributed by atoms with E-state index in [0.717, 1.165) is 22.1 Å². The highest BCUT2D eigenvalue weighted by Crippen LogP contribution is 2.29. The van der Waals surface area contributed by atoms with Crippen molar-refractivity contribution >= 4 is 34.1 Å². The summed E-state index contributed by atoms with van der Waals surface area (Å²) in [6.07, 6.45) is 0.740. The number of carbonyl (C=O) groups excluding carboxylic acids is 1. The molecule has 1 heterocycles. The number of hydrogen-bond donors (Lipinski definition) is 1. The molecule has 1 aromatic heterocycles. The lowest BCUT2D eigenvalue weighted by Gasteiger charge is -2.13. The third-order valence-corrected chi connectivity index (χ3v) is 5.81. The third kappa shape index (κ3) is 4.90. The Morgan fingerprint density at radius 2 is 1.76 bits per heavy atom. The average molecular weight is 370 g/mol. The van der Waals surface area contributed by atoms with Crippen molar-refractivity contribution in [3.05, 3.63) is 71.8 Å². The predicted molar refractivity (Wildman–Crippen MR) is 104 cm³/mol. The van der Waals surface area contributed by atoms with Gasteiger partial charge in [-0.2, -0.15) is 0 Å². The van der Waals surface area contributed by atoms with E-state index in [1.165, 1.54) is 16.9 Å². The third-order valence-electron chi connectivity index (χ3n) is 3.77. The van der Waals surface area contributed by atoms with Crippen molar-refractivity contribution in [2.24, 2.45) is 0 Å². The van der Waals surface area contributed by atoms with E-state index in [2.05, 4.69) is 27.6 Å². The largest absolute Gasteiger partial charge is 0.300 e. The number of rotatable bonds is 7. The fourth-order valence-corrected chi connectivity index (χ4v) is 4.20. The standard InChI is InChI=1S/C19H19N3OS2/c1-2-16(15-11-7-4-8-12-15)17(23)20-18-21-22-19(25-18)24-13-14-9-5-3-6-10-14/h3-12,16H,2,13H2,1H3,(H,20,21,23). The number of carbonyl (C=O) groups is 1. The molecule has 1 atom stereocenters. The first-order chi connectivity index (χ1) is 12.3. The normalized spacial score (nSPS) is 11.9. The summed E-state index contributed by atoms with van der Waals surface area (Å²) in [5.41, 5.74) is 2.26. The number of hydrogen-bond acceptors (Lipinski definition) is 5. The number of nitrogens with zero attached hydrogens (tertiary/aromatic N) is 2. The van der Waals surface area contributed by atoms with Gasteiger partial charge in [0, 0.05) is 5.75 Å². The van der Waals surface area contributed by atoms with Gasteiger partial charge in [0.15, 0.2) is 4.34 Å². The molecule has 0 saturated carbocycles. The van der Waals surface area contributed by atoms with E-state index in [-0.39, 0.29) is 11.8 Å². The molecule has 0 saturated heterocycles. The van der Waals surface area contributed by atoms with E-state index >= 15 is 0 Å². The van der Waals surface area contributed by atoms with Crippen LogP contribution in [0.5, 0.6) is 0 Å². The summed E-state index contributed by atoms with van der Waals surface area (Å²) in [5.74, 6) is 0.625. The zero-order chi connectivity index (χ0) is 17.5. The Morgan fingerprint density at radius 3 is 2.44 bits per heavy atom. The first-order valence-corrected chi connectivity index (χ1v) is 9.92. The Bertz CT molecular complexity index is 806. The monoisotopic (exact) mass is 369 g/mol. The lowest BCUT2D eigenvalue weighted by Crippen LogP contribution is -2.20. The van der Waals surface area contributed by atoms with Crippen LogP contribution in [-0.2, 0) is 10.5 Å². The maximum atomic E-state index is 12.6. The molecule has 0 aliphatic heterocycles. The van der Waals surface area contributed by atoms with Crippen LogP contribution in [0.4, 0.5) is 5.13 Å². The molecule has 3 rings (SSSR count). The second-order valence-electron chi connectivity index (χ2n) is 5.51. The molecule has 0 fully saturated rings. The molecule has 4 nitrogen and oxygen atoms in total. The molecule has 0 aliphatic rings. The zero-order valence-corrected chi connectivity index (χ0v) is 15.5. The van der Waals surface area contributed by atoms with E-state index < -0.39 is 0 Å². The second-order valence-corrected chi connectivity index (χ2v) is 7.71. The molecule has 1 unspecified atom stereocenters. The summed E-state index contributed by atoms with van der Waals surface area (Å²) in [5, 5.41) is 11.7. The minimum absolute atomic E-state index is 0.0375. The summed E-state index contributed by atoms with van der Waals surface area (Å²) in [6, 6.07) is 20.0. The van der Waals surface area contributed by atoms with Crippen LogP contribution >= 0.6 is 23.1 Å². The summed E-state index contributed by atoms with van der Waals surface area (Å²) >= 11 is 3.04. The van der Waals surface area contributed by atoms with Crippen molar-refractivity contribution in [1.82, 2.24) is 10.2 Å². The number of benzene rings is 2. The Balaban J connectivity index is 1.59. The van der Waals surface area contributed by atoms with Crippen molar-refractivity contribution in [2.75, 3.05) is 5.32 Å². The van der Waals surface area contributed by atoms with Crippen molar-refractivity contribution in [3.8, 4) is 0 Å². The summed E-state index contributed by atoms with van der Waals surface area (Å²) in [7, 11) is 0. The molecule has 0 bridgehead atoms. The lowest BCUT2D eigenvalue weighted by molar-refractivity contribution is -0.117. The smallest absolute Gasteiger partial charge is 0.233 e. The van der Waals surface area contributed by atoms with Crippen LogP contribution in [0.15, 0.2) is 65.0 Å². The van der Waals surface area contributed by atoms with Crippen molar-refractivity contribution in [3.63, 3.8) is 0 Å². The number of anilines is 1. The van der Waals surface area contributed by atoms with Gasteiger partial charge in [0.25, 0.3) is 0 Å². The van der Waals surface area contributed by atoms with E-state index in [0.29, 0.717) is 5.13 Å². The highest BCUT2D eigenvalue weighted by Gasteiger charge is 2.20. The molecule has 1 N–H and O–H groups in total. The maximum absolute atomic E-state index is 12.6. The molecule has 1 amide bonds. The number of thioether (sulfide) groups is 1. The average Bonchev–Trinajstić information content (AvgIpc) is 3.10. The fourth-order valence-electron chi connectivity index (χ4n) is 2.49. The van der Waals surface area contributed by atoms with Gasteiger partial charge in [-0.15, -0.1) is 10.2 Å². The quantitative estimate of drug-likeness (QED) is 0.472. The number of nitrogens with one attached hydrogen (secondary N) is 1. The van der Waals surface area contributed by atoms with Crippen LogP contribution in [0.25, 0.3) is 0 Å². The maximum Gasteiger partial charge on any atom is 0.233 e. The summed E-state index contributed by atoms with van der Waals surface area (Å²) in [6.45, 7) is 2.01. The van der Waals surface area contributed by atoms with Gasteiger partial charge in [-0.25, -0.2) is 0 Å². The number of aromatic nitrogens is 2. The molecule has 25 heavy (non-hydrogen) atoms. The lowest BCUT2D eigenvalue weighted by atomic mass is 9.96. The molecule has 0 aliphatic carbocycles. The first-order valence-electron chi connectivity index (χ1n) is 8.12. The van der Waals surface area contributed by atoms with Crippen LogP contribution in [-0.4, -0.2) is 16.1 Å². The predicted octanol–water partition coefficient (Wildman–Crippen LogP) is 4.96. The zero-order valence-electron chi connectivity index (χ0n) is 13.9. The van der Waals surface area contributed by atoms with Gasteiger partial charge in [0.1, 0.15) is 0 Å². The molecule has 3 aromatic rings. The topological polar surface area (TPSA) is 54.9 Å². The van der Waals surface area contributed by atoms with Gasteiger partial charge in [-0.05, 0) is 17.5 Å². The van der Waals surface area contributed by atoms with Crippen LogP contribution in [0.3, 0.4) is 0 Å². The molecule has 0 radical (unpaired) electrons. The van der Waals surface area contributed by atoms with E-state index in [1.807, 2.05) is 55.5 Å². The molecule has 6 heteroatoms. The molecular formula is C19H19N3OS2. The highest BCUT2D eigenvalue weighted by molar-refractivity contribution is 8.00. The minimum atomic E-state index is -0.175. The van der Waals surface area contributed by atoms with Crippen LogP contribution < -0.4 is 5.32 Å². The van der Waals surface area contributed by atoms with Gasteiger partial charge in [-0.1, -0.05) is 90.7 Å². The van der Waals surface area contributed by atoms with Crippen LogP contribution in [0, 0.1) is 0 Å². The van der Waals surface area contributed by atoms with Gasteiger partial charge < -0.3 is 0 Å². The SMILES string of the molecule is CCC(C(=O)Nc1nnc(SCc2ccccc2)s1)c1ccccc1. The molecular weight excluding hydrogens is 350 g/mol. The van der Waals surface area contributed by atoms with Gasteiger partial charge in [-0.3, -0.25) is 10.1 Å². The van der Waals surface area contributed by atoms with Gasteiger partial charge >= 0.3 is 0 Å². The second kappa shape index (κ2) is 8.78. The molecule has 2 aromatic carbocycles. The number of amides is 1. The van der Waals surface area contributed by atoms with Crippen molar-refractivity contribution < 1.29 is 4.79 Å². The first kappa shape index (κ1) is 17.6. The van der Waals surface area contributed by atoms with E-state index in [1.54, 1.807) is 11.8 Å². The Labute approximate surface area is 155 Å². The van der Waals surface area contributed by atoms with Crippen molar-refractivity contribution in [2.45, 2.75) is 29.4 Å². The van der Waals surface area contributed by atoms with Crippen LogP contribution in [0.2, 0.25) is 0 Å². The Morgan fingerprint density at radius 1 is 1.08 bits per heavy atom. The summed E-state index contributed by atoms with van der Waals surface area (Å²) in [4.78, 5) is 12.6. The molecule has 0 spiro atoms.